The first-order valence-corrected chi connectivity index (χ1v) is 11.7. The zero-order valence-electron chi connectivity index (χ0n) is 16.2. The molecule has 0 aromatic carbocycles. The van der Waals surface area contributed by atoms with E-state index in [2.05, 4.69) is 10.2 Å². The van der Waals surface area contributed by atoms with Gasteiger partial charge in [-0.2, -0.15) is 13.2 Å². The predicted octanol–water partition coefficient (Wildman–Crippen LogP) is 2.67. The van der Waals surface area contributed by atoms with Gasteiger partial charge in [0.2, 0.25) is 0 Å². The molecule has 1 fully saturated rings. The van der Waals surface area contributed by atoms with E-state index in [1.165, 1.54) is 19.9 Å². The smallest absolute Gasteiger partial charge is 0.339 e. The Labute approximate surface area is 170 Å². The molecule has 160 valence electrons. The van der Waals surface area contributed by atoms with E-state index in [0.29, 0.717) is 23.1 Å². The van der Waals surface area contributed by atoms with Gasteiger partial charge in [0.25, 0.3) is 0 Å². The lowest BCUT2D eigenvalue weighted by Gasteiger charge is -2.12. The van der Waals surface area contributed by atoms with Crippen LogP contribution >= 0.6 is 11.8 Å². The molecule has 0 N–H and O–H groups in total. The molecular formula is C17H21F3N4O3S2. The highest BCUT2D eigenvalue weighted by molar-refractivity contribution is 7.99. The zero-order chi connectivity index (χ0) is 21.6. The molecule has 12 heteroatoms. The van der Waals surface area contributed by atoms with Gasteiger partial charge in [-0.05, 0) is 26.3 Å². The fourth-order valence-electron chi connectivity index (χ4n) is 3.52. The average molecular weight is 451 g/mol. The third-order valence-corrected chi connectivity index (χ3v) is 7.80. The van der Waals surface area contributed by atoms with Gasteiger partial charge in [0.05, 0.1) is 17.3 Å². The summed E-state index contributed by atoms with van der Waals surface area (Å²) in [6.07, 6.45) is -3.88. The van der Waals surface area contributed by atoms with Crippen LogP contribution in [0, 0.1) is 13.8 Å². The van der Waals surface area contributed by atoms with Gasteiger partial charge < -0.3 is 9.13 Å². The van der Waals surface area contributed by atoms with Gasteiger partial charge in [0.15, 0.2) is 20.8 Å². The van der Waals surface area contributed by atoms with E-state index in [4.69, 9.17) is 0 Å². The van der Waals surface area contributed by atoms with Crippen molar-refractivity contribution in [1.29, 1.82) is 0 Å². The van der Waals surface area contributed by atoms with Gasteiger partial charge in [-0.15, -0.1) is 10.2 Å². The number of halogens is 3. The second kappa shape index (κ2) is 7.78. The molecule has 3 rings (SSSR count). The number of hydrogen-bond acceptors (Lipinski definition) is 6. The van der Waals surface area contributed by atoms with Crippen molar-refractivity contribution < 1.29 is 26.4 Å². The van der Waals surface area contributed by atoms with Crippen LogP contribution in [-0.2, 0) is 23.4 Å². The van der Waals surface area contributed by atoms with E-state index in [-0.39, 0.29) is 40.2 Å². The molecule has 0 spiro atoms. The number of rotatable bonds is 6. The Morgan fingerprint density at radius 3 is 2.59 bits per heavy atom. The first-order valence-electron chi connectivity index (χ1n) is 8.87. The molecule has 0 radical (unpaired) electrons. The molecule has 7 nitrogen and oxygen atoms in total. The van der Waals surface area contributed by atoms with E-state index in [1.807, 2.05) is 0 Å². The molecule has 29 heavy (non-hydrogen) atoms. The molecule has 1 aliphatic rings. The van der Waals surface area contributed by atoms with Crippen molar-refractivity contribution in [3.05, 3.63) is 28.8 Å². The lowest BCUT2D eigenvalue weighted by molar-refractivity contribution is -0.141. The minimum Gasteiger partial charge on any atom is -0.339 e. The van der Waals surface area contributed by atoms with Crippen molar-refractivity contribution in [3.8, 4) is 0 Å². The van der Waals surface area contributed by atoms with Crippen LogP contribution in [0.4, 0.5) is 13.2 Å². The Morgan fingerprint density at radius 1 is 1.31 bits per heavy atom. The number of thioether (sulfide) groups is 1. The van der Waals surface area contributed by atoms with Gasteiger partial charge in [-0.25, -0.2) is 8.42 Å². The number of sulfone groups is 1. The highest BCUT2D eigenvalue weighted by atomic mass is 32.2. The van der Waals surface area contributed by atoms with Gasteiger partial charge in [-0.1, -0.05) is 11.8 Å². The molecule has 2 aromatic rings. The van der Waals surface area contributed by atoms with Crippen molar-refractivity contribution >= 4 is 27.4 Å². The summed E-state index contributed by atoms with van der Waals surface area (Å²) >= 11 is 1.13. The van der Waals surface area contributed by atoms with Crippen molar-refractivity contribution in [1.82, 2.24) is 19.3 Å². The number of alkyl halides is 3. The summed E-state index contributed by atoms with van der Waals surface area (Å²) in [6.45, 7) is 1.90. The van der Waals surface area contributed by atoms with Crippen LogP contribution in [0.25, 0.3) is 0 Å². The normalized spacial score (nSPS) is 19.0. The lowest BCUT2D eigenvalue weighted by Crippen LogP contribution is -2.19. The first-order chi connectivity index (χ1) is 13.4. The third-order valence-electron chi connectivity index (χ3n) is 5.01. The molecule has 1 atom stereocenters. The van der Waals surface area contributed by atoms with Crippen LogP contribution in [0.2, 0.25) is 0 Å². The Kier molecular flexibility index (Phi) is 5.87. The highest BCUT2D eigenvalue weighted by Crippen LogP contribution is 2.30. The topological polar surface area (TPSA) is 86.9 Å². The van der Waals surface area contributed by atoms with Crippen molar-refractivity contribution in [2.24, 2.45) is 7.05 Å². The summed E-state index contributed by atoms with van der Waals surface area (Å²) in [6, 6.07) is 1.47. The molecule has 1 unspecified atom stereocenters. The number of ketones is 1. The summed E-state index contributed by atoms with van der Waals surface area (Å²) in [7, 11) is -1.35. The SMILES string of the molecule is Cc1cc(C(=O)CSc2nnc(C3CCS(=O)(=O)C3)n2C)c(C)n1CC(F)(F)F. The van der Waals surface area contributed by atoms with E-state index >= 15 is 0 Å². The van der Waals surface area contributed by atoms with Crippen LogP contribution in [0.15, 0.2) is 11.2 Å². The maximum Gasteiger partial charge on any atom is 0.406 e. The van der Waals surface area contributed by atoms with Gasteiger partial charge in [0.1, 0.15) is 12.4 Å². The minimum absolute atomic E-state index is 0.00868. The number of carbonyl (C=O) groups is 1. The number of hydrogen-bond donors (Lipinski definition) is 0. The average Bonchev–Trinajstić information content (AvgIpc) is 3.23. The molecule has 2 aromatic heterocycles. The second-order valence-electron chi connectivity index (χ2n) is 7.20. The molecule has 0 aliphatic carbocycles. The number of carbonyl (C=O) groups excluding carboxylic acids is 1. The first kappa shape index (κ1) is 21.9. The van der Waals surface area contributed by atoms with Crippen LogP contribution in [-0.4, -0.2) is 57.0 Å². The molecule has 0 amide bonds. The van der Waals surface area contributed by atoms with Crippen molar-refractivity contribution in [3.63, 3.8) is 0 Å². The highest BCUT2D eigenvalue weighted by Gasteiger charge is 2.33. The number of Topliss-reactive ketones (excluding diaryl/α,β-unsaturated/α-hetero) is 1. The predicted molar refractivity (Wildman–Crippen MR) is 102 cm³/mol. The van der Waals surface area contributed by atoms with Gasteiger partial charge in [-0.3, -0.25) is 4.79 Å². The van der Waals surface area contributed by atoms with Crippen molar-refractivity contribution in [2.45, 2.75) is 44.1 Å². The van der Waals surface area contributed by atoms with Crippen LogP contribution in [0.5, 0.6) is 0 Å². The molecule has 1 aliphatic heterocycles. The monoisotopic (exact) mass is 450 g/mol. The van der Waals surface area contributed by atoms with Crippen molar-refractivity contribution in [2.75, 3.05) is 17.3 Å². The van der Waals surface area contributed by atoms with Crippen LogP contribution < -0.4 is 0 Å². The number of aromatic nitrogens is 4. The van der Waals surface area contributed by atoms with Gasteiger partial charge in [0, 0.05) is 29.9 Å². The summed E-state index contributed by atoms with van der Waals surface area (Å²) in [5, 5.41) is 8.58. The maximum absolute atomic E-state index is 12.7. The summed E-state index contributed by atoms with van der Waals surface area (Å²) < 4.78 is 64.3. The van der Waals surface area contributed by atoms with E-state index in [0.717, 1.165) is 16.3 Å². The summed E-state index contributed by atoms with van der Waals surface area (Å²) in [5.41, 5.74) is 0.903. The van der Waals surface area contributed by atoms with E-state index < -0.39 is 22.6 Å². The van der Waals surface area contributed by atoms with Crippen LogP contribution in [0.3, 0.4) is 0 Å². The fraction of sp³-hybridized carbons (Fsp3) is 0.588. The molecule has 0 saturated carbocycles. The largest absolute Gasteiger partial charge is 0.406 e. The van der Waals surface area contributed by atoms with E-state index in [1.54, 1.807) is 11.6 Å². The van der Waals surface area contributed by atoms with Crippen LogP contribution in [0.1, 0.15) is 39.9 Å². The fourth-order valence-corrected chi connectivity index (χ4v) is 6.06. The summed E-state index contributed by atoms with van der Waals surface area (Å²) in [5.74, 6) is 0.190. The molecule has 1 saturated heterocycles. The Hall–Kier alpha value is -1.82. The Bertz CT molecular complexity index is 1040. The second-order valence-corrected chi connectivity index (χ2v) is 10.4. The number of nitrogens with zero attached hydrogens (tertiary/aromatic N) is 4. The third kappa shape index (κ3) is 4.85. The standard InChI is InChI=1S/C17H21F3N4O3S2/c1-10-6-13(11(2)24(10)9-17(18,19)20)14(25)7-28-16-22-21-15(23(16)3)12-4-5-29(26,27)8-12/h6,12H,4-5,7-9H2,1-3H3. The lowest BCUT2D eigenvalue weighted by atomic mass is 10.1. The molecule has 3 heterocycles. The zero-order valence-corrected chi connectivity index (χ0v) is 17.8. The Balaban J connectivity index is 1.70. The maximum atomic E-state index is 12.7. The summed E-state index contributed by atoms with van der Waals surface area (Å²) in [4.78, 5) is 12.6. The number of aryl methyl sites for hydroxylation is 1. The molecular weight excluding hydrogens is 429 g/mol. The molecule has 0 bridgehead atoms. The quantitative estimate of drug-likeness (QED) is 0.497. The van der Waals surface area contributed by atoms with E-state index in [9.17, 15) is 26.4 Å². The van der Waals surface area contributed by atoms with Gasteiger partial charge >= 0.3 is 6.18 Å². The Morgan fingerprint density at radius 2 is 2.00 bits per heavy atom. The minimum atomic E-state index is -4.37.